The molecule has 22 heavy (non-hydrogen) atoms. The molecule has 0 aliphatic heterocycles. The summed E-state index contributed by atoms with van der Waals surface area (Å²) in [5.41, 5.74) is 6.12. The van der Waals surface area contributed by atoms with E-state index in [0.717, 1.165) is 5.56 Å². The van der Waals surface area contributed by atoms with Gasteiger partial charge in [-0.2, -0.15) is 0 Å². The van der Waals surface area contributed by atoms with E-state index in [4.69, 9.17) is 10.8 Å². The van der Waals surface area contributed by atoms with Crippen molar-refractivity contribution in [3.8, 4) is 0 Å². The van der Waals surface area contributed by atoms with E-state index in [1.54, 1.807) is 24.3 Å². The zero-order valence-electron chi connectivity index (χ0n) is 12.6. The second-order valence-electron chi connectivity index (χ2n) is 5.41. The number of primary amides is 1. The minimum atomic E-state index is -1.05. The van der Waals surface area contributed by atoms with Crippen LogP contribution in [0.1, 0.15) is 36.2 Å². The largest absolute Gasteiger partial charge is 0.480 e. The molecular weight excluding hydrogens is 286 g/mol. The smallest absolute Gasteiger partial charge is 0.326 e. The highest BCUT2D eigenvalue weighted by Crippen LogP contribution is 2.08. The molecule has 0 unspecified atom stereocenters. The van der Waals surface area contributed by atoms with Crippen LogP contribution in [0, 0.1) is 5.92 Å². The number of carboxylic acids is 1. The Bertz CT molecular complexity index is 540. The first kappa shape index (κ1) is 17.5. The summed E-state index contributed by atoms with van der Waals surface area (Å²) in [4.78, 5) is 33.8. The summed E-state index contributed by atoms with van der Waals surface area (Å²) in [5.74, 6) is -1.34. The summed E-state index contributed by atoms with van der Waals surface area (Å²) >= 11 is 0. The van der Waals surface area contributed by atoms with Gasteiger partial charge < -0.3 is 21.5 Å². The van der Waals surface area contributed by atoms with E-state index >= 15 is 0 Å². The summed E-state index contributed by atoms with van der Waals surface area (Å²) < 4.78 is 0. The molecule has 7 heteroatoms. The van der Waals surface area contributed by atoms with Crippen LogP contribution in [0.3, 0.4) is 0 Å². The molecule has 7 nitrogen and oxygen atoms in total. The number of carbonyl (C=O) groups is 3. The van der Waals surface area contributed by atoms with Gasteiger partial charge in [0.15, 0.2) is 0 Å². The minimum absolute atomic E-state index is 0.156. The van der Waals surface area contributed by atoms with Crippen molar-refractivity contribution < 1.29 is 19.5 Å². The van der Waals surface area contributed by atoms with Crippen LogP contribution in [0.15, 0.2) is 24.3 Å². The van der Waals surface area contributed by atoms with Crippen molar-refractivity contribution in [3.63, 3.8) is 0 Å². The third kappa shape index (κ3) is 5.82. The number of urea groups is 1. The number of benzene rings is 1. The molecule has 0 saturated carbocycles. The fourth-order valence-electron chi connectivity index (χ4n) is 1.90. The molecule has 0 fully saturated rings. The Morgan fingerprint density at radius 1 is 1.18 bits per heavy atom. The lowest BCUT2D eigenvalue weighted by Crippen LogP contribution is -2.41. The molecule has 0 saturated heterocycles. The summed E-state index contributed by atoms with van der Waals surface area (Å²) in [5, 5.41) is 14.1. The van der Waals surface area contributed by atoms with Gasteiger partial charge in [-0.05, 0) is 30.0 Å². The summed E-state index contributed by atoms with van der Waals surface area (Å²) in [6.45, 7) is 4.05. The topological polar surface area (TPSA) is 122 Å². The summed E-state index contributed by atoms with van der Waals surface area (Å²) in [6, 6.07) is 4.94. The SMILES string of the molecule is CC(C)C[C@@H](NC(=O)c1ccc(CNC(N)=O)cc1)C(=O)O. The number of nitrogens with one attached hydrogen (secondary N) is 2. The van der Waals surface area contributed by atoms with Gasteiger partial charge in [0.2, 0.25) is 0 Å². The number of amides is 3. The van der Waals surface area contributed by atoms with Crippen LogP contribution in [-0.2, 0) is 11.3 Å². The molecule has 0 aromatic heterocycles. The van der Waals surface area contributed by atoms with Crippen LogP contribution in [0.4, 0.5) is 4.79 Å². The highest BCUT2D eigenvalue weighted by molar-refractivity contribution is 5.96. The number of carboxylic acid groups (broad SMARTS) is 1. The van der Waals surface area contributed by atoms with E-state index < -0.39 is 23.9 Å². The molecule has 0 radical (unpaired) electrons. The van der Waals surface area contributed by atoms with Crippen LogP contribution < -0.4 is 16.4 Å². The maximum Gasteiger partial charge on any atom is 0.326 e. The van der Waals surface area contributed by atoms with Gasteiger partial charge in [-0.15, -0.1) is 0 Å². The molecule has 5 N–H and O–H groups in total. The van der Waals surface area contributed by atoms with Crippen LogP contribution in [-0.4, -0.2) is 29.1 Å². The van der Waals surface area contributed by atoms with Crippen molar-refractivity contribution in [1.82, 2.24) is 10.6 Å². The van der Waals surface area contributed by atoms with Gasteiger partial charge in [0.1, 0.15) is 6.04 Å². The molecule has 1 aromatic rings. The third-order valence-corrected chi connectivity index (χ3v) is 2.99. The number of aliphatic carboxylic acids is 1. The second-order valence-corrected chi connectivity index (χ2v) is 5.41. The van der Waals surface area contributed by atoms with E-state index in [0.29, 0.717) is 12.0 Å². The molecule has 1 atom stereocenters. The summed E-state index contributed by atoms with van der Waals surface area (Å²) in [7, 11) is 0. The zero-order valence-corrected chi connectivity index (χ0v) is 12.6. The molecule has 1 aromatic carbocycles. The molecule has 0 spiro atoms. The normalized spacial score (nSPS) is 11.8. The Morgan fingerprint density at radius 2 is 1.77 bits per heavy atom. The average molecular weight is 307 g/mol. The first-order valence-corrected chi connectivity index (χ1v) is 6.95. The molecule has 3 amide bonds. The molecular formula is C15H21N3O4. The highest BCUT2D eigenvalue weighted by atomic mass is 16.4. The second kappa shape index (κ2) is 8.02. The third-order valence-electron chi connectivity index (χ3n) is 2.99. The molecule has 120 valence electrons. The van der Waals surface area contributed by atoms with Crippen molar-refractivity contribution in [1.29, 1.82) is 0 Å². The van der Waals surface area contributed by atoms with Crippen LogP contribution >= 0.6 is 0 Å². The summed E-state index contributed by atoms with van der Waals surface area (Å²) in [6.07, 6.45) is 0.363. The fraction of sp³-hybridized carbons (Fsp3) is 0.400. The molecule has 0 bridgehead atoms. The molecule has 0 aliphatic carbocycles. The van der Waals surface area contributed by atoms with Gasteiger partial charge in [-0.1, -0.05) is 26.0 Å². The van der Waals surface area contributed by atoms with Gasteiger partial charge in [0, 0.05) is 12.1 Å². The zero-order chi connectivity index (χ0) is 16.7. The Hall–Kier alpha value is -2.57. The van der Waals surface area contributed by atoms with Crippen LogP contribution in [0.2, 0.25) is 0 Å². The first-order chi connectivity index (χ1) is 10.3. The van der Waals surface area contributed by atoms with Crippen LogP contribution in [0.25, 0.3) is 0 Å². The lowest BCUT2D eigenvalue weighted by molar-refractivity contribution is -0.139. The Morgan fingerprint density at radius 3 is 2.23 bits per heavy atom. The molecule has 0 heterocycles. The Labute approximate surface area is 128 Å². The van der Waals surface area contributed by atoms with Crippen LogP contribution in [0.5, 0.6) is 0 Å². The fourth-order valence-corrected chi connectivity index (χ4v) is 1.90. The predicted octanol–water partition coefficient (Wildman–Crippen LogP) is 1.08. The maximum atomic E-state index is 12.1. The van der Waals surface area contributed by atoms with Crippen molar-refractivity contribution in [3.05, 3.63) is 35.4 Å². The van der Waals surface area contributed by atoms with Gasteiger partial charge in [-0.25, -0.2) is 9.59 Å². The van der Waals surface area contributed by atoms with E-state index in [1.165, 1.54) is 0 Å². The van der Waals surface area contributed by atoms with Gasteiger partial charge in [0.25, 0.3) is 5.91 Å². The average Bonchev–Trinajstić information content (AvgIpc) is 2.44. The van der Waals surface area contributed by atoms with Crippen molar-refractivity contribution >= 4 is 17.9 Å². The molecule has 0 aliphatic rings. The minimum Gasteiger partial charge on any atom is -0.480 e. The van der Waals surface area contributed by atoms with Gasteiger partial charge >= 0.3 is 12.0 Å². The van der Waals surface area contributed by atoms with Crippen molar-refractivity contribution in [2.75, 3.05) is 0 Å². The van der Waals surface area contributed by atoms with Gasteiger partial charge in [-0.3, -0.25) is 4.79 Å². The van der Waals surface area contributed by atoms with Gasteiger partial charge in [0.05, 0.1) is 0 Å². The first-order valence-electron chi connectivity index (χ1n) is 6.95. The van der Waals surface area contributed by atoms with E-state index in [1.807, 2.05) is 13.8 Å². The number of hydrogen-bond acceptors (Lipinski definition) is 3. The van der Waals surface area contributed by atoms with Crippen molar-refractivity contribution in [2.45, 2.75) is 32.9 Å². The monoisotopic (exact) mass is 307 g/mol. The molecule has 1 rings (SSSR count). The standard InChI is InChI=1S/C15H21N3O4/c1-9(2)7-12(14(20)21)18-13(19)11-5-3-10(4-6-11)8-17-15(16)22/h3-6,9,12H,7-8H2,1-2H3,(H,18,19)(H,20,21)(H3,16,17,22)/t12-/m1/s1. The predicted molar refractivity (Wildman–Crippen MR) is 81.2 cm³/mol. The lowest BCUT2D eigenvalue weighted by Gasteiger charge is -2.16. The maximum absolute atomic E-state index is 12.1. The number of nitrogens with two attached hydrogens (primary N) is 1. The van der Waals surface area contributed by atoms with E-state index in [2.05, 4.69) is 10.6 Å². The number of hydrogen-bond donors (Lipinski definition) is 4. The van der Waals surface area contributed by atoms with E-state index in [9.17, 15) is 14.4 Å². The highest BCUT2D eigenvalue weighted by Gasteiger charge is 2.21. The number of carbonyl (C=O) groups excluding carboxylic acids is 2. The number of rotatable bonds is 7. The Kier molecular flexibility index (Phi) is 6.37. The Balaban J connectivity index is 2.68. The quantitative estimate of drug-likeness (QED) is 0.602. The van der Waals surface area contributed by atoms with Crippen molar-refractivity contribution in [2.24, 2.45) is 11.7 Å². The lowest BCUT2D eigenvalue weighted by atomic mass is 10.0. The van der Waals surface area contributed by atoms with E-state index in [-0.39, 0.29) is 12.5 Å².